The van der Waals surface area contributed by atoms with E-state index >= 15 is 0 Å². The first kappa shape index (κ1) is 14.1. The van der Waals surface area contributed by atoms with Crippen LogP contribution in [-0.2, 0) is 13.1 Å². The van der Waals surface area contributed by atoms with Crippen LogP contribution in [0.3, 0.4) is 0 Å². The molecule has 0 aliphatic carbocycles. The Balaban J connectivity index is 1.74. The zero-order chi connectivity index (χ0) is 14.2. The van der Waals surface area contributed by atoms with Crippen LogP contribution in [0.15, 0.2) is 50.3 Å². The summed E-state index contributed by atoms with van der Waals surface area (Å²) in [7, 11) is 0. The van der Waals surface area contributed by atoms with Gasteiger partial charge in [0, 0.05) is 12.1 Å². The number of rotatable bonds is 7. The van der Waals surface area contributed by atoms with E-state index in [0.29, 0.717) is 0 Å². The van der Waals surface area contributed by atoms with Crippen molar-refractivity contribution in [2.75, 3.05) is 0 Å². The topological polar surface area (TPSA) is 33.5 Å². The van der Waals surface area contributed by atoms with Crippen molar-refractivity contribution < 1.29 is 9.13 Å². The van der Waals surface area contributed by atoms with Crippen LogP contribution in [0.2, 0.25) is 0 Å². The predicted octanol–water partition coefficient (Wildman–Crippen LogP) is 1.82. The lowest BCUT2D eigenvalue weighted by molar-refractivity contribution is -0.711. The van der Waals surface area contributed by atoms with E-state index < -0.39 is 0 Å². The van der Waals surface area contributed by atoms with Crippen molar-refractivity contribution in [3.8, 4) is 0 Å². The summed E-state index contributed by atoms with van der Waals surface area (Å²) in [6.45, 7) is 9.34. The highest BCUT2D eigenvalue weighted by atomic mass is 15.0. The SMILES string of the molecule is C=Cc1cc[n+](CCCC[n+]2ccc(C=C)nc2)cn1. The number of aryl methyl sites for hydroxylation is 2. The van der Waals surface area contributed by atoms with Crippen LogP contribution in [0.25, 0.3) is 12.2 Å². The summed E-state index contributed by atoms with van der Waals surface area (Å²) in [6, 6.07) is 3.94. The fourth-order valence-electron chi connectivity index (χ4n) is 1.88. The van der Waals surface area contributed by atoms with Gasteiger partial charge in [-0.05, 0) is 35.0 Å². The van der Waals surface area contributed by atoms with E-state index in [1.165, 1.54) is 0 Å². The quantitative estimate of drug-likeness (QED) is 0.567. The second-order valence-corrected chi connectivity index (χ2v) is 4.56. The van der Waals surface area contributed by atoms with E-state index in [2.05, 4.69) is 32.3 Å². The summed E-state index contributed by atoms with van der Waals surface area (Å²) in [5, 5.41) is 0. The third-order valence-corrected chi connectivity index (χ3v) is 3.08. The summed E-state index contributed by atoms with van der Waals surface area (Å²) >= 11 is 0. The summed E-state index contributed by atoms with van der Waals surface area (Å²) in [5.74, 6) is 0. The van der Waals surface area contributed by atoms with Gasteiger partial charge in [0.15, 0.2) is 11.4 Å². The molecule has 0 atom stereocenters. The maximum atomic E-state index is 4.27. The van der Waals surface area contributed by atoms with Gasteiger partial charge in [0.25, 0.3) is 12.7 Å². The second-order valence-electron chi connectivity index (χ2n) is 4.56. The van der Waals surface area contributed by atoms with Gasteiger partial charge in [-0.3, -0.25) is 0 Å². The molecule has 0 saturated carbocycles. The Kier molecular flexibility index (Phi) is 5.12. The normalized spacial score (nSPS) is 10.2. The monoisotopic (exact) mass is 268 g/mol. The van der Waals surface area contributed by atoms with Gasteiger partial charge in [-0.25, -0.2) is 9.13 Å². The lowest BCUT2D eigenvalue weighted by atomic mass is 10.3. The molecule has 20 heavy (non-hydrogen) atoms. The summed E-state index contributed by atoms with van der Waals surface area (Å²) in [4.78, 5) is 8.55. The van der Waals surface area contributed by atoms with E-state index in [0.717, 1.165) is 37.3 Å². The Morgan fingerprint density at radius 3 is 1.60 bits per heavy atom. The number of hydrogen-bond donors (Lipinski definition) is 0. The molecule has 0 bridgehead atoms. The second kappa shape index (κ2) is 7.28. The molecule has 0 N–H and O–H groups in total. The minimum atomic E-state index is 0.908. The first-order valence-electron chi connectivity index (χ1n) is 6.77. The van der Waals surface area contributed by atoms with E-state index in [-0.39, 0.29) is 0 Å². The van der Waals surface area contributed by atoms with Crippen LogP contribution in [0.1, 0.15) is 24.2 Å². The molecule has 2 heterocycles. The molecule has 0 radical (unpaired) electrons. The minimum absolute atomic E-state index is 0.908. The molecule has 0 spiro atoms. The molecule has 4 nitrogen and oxygen atoms in total. The molecular weight excluding hydrogens is 248 g/mol. The third-order valence-electron chi connectivity index (χ3n) is 3.08. The summed E-state index contributed by atoms with van der Waals surface area (Å²) < 4.78 is 4.19. The molecule has 2 aromatic heterocycles. The lowest BCUT2D eigenvalue weighted by Gasteiger charge is -2.00. The van der Waals surface area contributed by atoms with Crippen molar-refractivity contribution >= 4 is 12.2 Å². The largest absolute Gasteiger partial charge is 0.286 e. The van der Waals surface area contributed by atoms with Gasteiger partial charge in [-0.2, -0.15) is 0 Å². The van der Waals surface area contributed by atoms with Crippen LogP contribution in [0.4, 0.5) is 0 Å². The molecule has 2 rings (SSSR count). The first-order chi connectivity index (χ1) is 9.81. The smallest absolute Gasteiger partial charge is 0.237 e. The number of nitrogens with zero attached hydrogens (tertiary/aromatic N) is 4. The minimum Gasteiger partial charge on any atom is -0.237 e. The average molecular weight is 268 g/mol. The standard InChI is InChI=1S/C16H20N4/c1-3-15-7-11-19(13-17-15)9-5-6-10-20-12-8-16(4-2)18-14-20/h3-4,7-8,11-14H,1-2,5-6,9-10H2/q+2. The Morgan fingerprint density at radius 2 is 1.30 bits per heavy atom. The van der Waals surface area contributed by atoms with Crippen molar-refractivity contribution in [3.63, 3.8) is 0 Å². The molecule has 0 amide bonds. The average Bonchev–Trinajstić information content (AvgIpc) is 2.53. The van der Waals surface area contributed by atoms with Crippen molar-refractivity contribution in [2.45, 2.75) is 25.9 Å². The van der Waals surface area contributed by atoms with Gasteiger partial charge in [0.1, 0.15) is 0 Å². The molecule has 0 saturated heterocycles. The lowest BCUT2D eigenvalue weighted by Crippen LogP contribution is -2.36. The number of hydrogen-bond acceptors (Lipinski definition) is 2. The maximum absolute atomic E-state index is 4.27. The van der Waals surface area contributed by atoms with Gasteiger partial charge in [-0.1, -0.05) is 13.2 Å². The molecule has 0 aromatic carbocycles. The van der Waals surface area contributed by atoms with Gasteiger partial charge in [0.05, 0.1) is 25.5 Å². The Hall–Kier alpha value is -2.36. The van der Waals surface area contributed by atoms with E-state index in [1.54, 1.807) is 12.2 Å². The van der Waals surface area contributed by atoms with Gasteiger partial charge >= 0.3 is 0 Å². The number of aromatic nitrogens is 4. The van der Waals surface area contributed by atoms with E-state index in [9.17, 15) is 0 Å². The summed E-state index contributed by atoms with van der Waals surface area (Å²) in [5.41, 5.74) is 1.82. The molecule has 0 unspecified atom stereocenters. The first-order valence-corrected chi connectivity index (χ1v) is 6.77. The van der Waals surface area contributed by atoms with Crippen molar-refractivity contribution in [1.29, 1.82) is 0 Å². The Labute approximate surface area is 119 Å². The fraction of sp³-hybridized carbons (Fsp3) is 0.250. The molecule has 102 valence electrons. The highest BCUT2D eigenvalue weighted by Crippen LogP contribution is 1.94. The van der Waals surface area contributed by atoms with Gasteiger partial charge < -0.3 is 0 Å². The zero-order valence-corrected chi connectivity index (χ0v) is 11.7. The third kappa shape index (κ3) is 4.09. The zero-order valence-electron chi connectivity index (χ0n) is 11.7. The molecular formula is C16H20N4+2. The highest BCUT2D eigenvalue weighted by Gasteiger charge is 2.02. The Bertz CT molecular complexity index is 505. The molecule has 0 aliphatic heterocycles. The van der Waals surface area contributed by atoms with Crippen molar-refractivity contribution in [1.82, 2.24) is 9.97 Å². The Morgan fingerprint density at radius 1 is 0.850 bits per heavy atom. The summed E-state index contributed by atoms with van der Waals surface area (Å²) in [6.07, 6.45) is 13.5. The van der Waals surface area contributed by atoms with Gasteiger partial charge in [-0.15, -0.1) is 0 Å². The van der Waals surface area contributed by atoms with E-state index in [1.807, 2.05) is 37.2 Å². The van der Waals surface area contributed by atoms with Crippen LogP contribution in [-0.4, -0.2) is 9.97 Å². The molecule has 4 heteroatoms. The van der Waals surface area contributed by atoms with Crippen LogP contribution in [0.5, 0.6) is 0 Å². The highest BCUT2D eigenvalue weighted by molar-refractivity contribution is 5.39. The van der Waals surface area contributed by atoms with Crippen LogP contribution >= 0.6 is 0 Å². The molecule has 0 fully saturated rings. The van der Waals surface area contributed by atoms with E-state index in [4.69, 9.17) is 0 Å². The molecule has 2 aromatic rings. The van der Waals surface area contributed by atoms with Crippen LogP contribution in [0, 0.1) is 0 Å². The van der Waals surface area contributed by atoms with Crippen LogP contribution < -0.4 is 9.13 Å². The maximum Gasteiger partial charge on any atom is 0.286 e. The fourth-order valence-corrected chi connectivity index (χ4v) is 1.88. The van der Waals surface area contributed by atoms with Crippen molar-refractivity contribution in [3.05, 3.63) is 61.7 Å². The number of unbranched alkanes of at least 4 members (excludes halogenated alkanes) is 1. The van der Waals surface area contributed by atoms with Crippen molar-refractivity contribution in [2.24, 2.45) is 0 Å². The molecule has 0 aliphatic rings. The predicted molar refractivity (Wildman–Crippen MR) is 78.3 cm³/mol. The van der Waals surface area contributed by atoms with Gasteiger partial charge in [0.2, 0.25) is 0 Å².